The molecule has 2 heterocycles. The summed E-state index contributed by atoms with van der Waals surface area (Å²) in [7, 11) is -0.828. The number of phosphoric ester groups is 1. The van der Waals surface area contributed by atoms with E-state index >= 15 is 0 Å². The van der Waals surface area contributed by atoms with Crippen LogP contribution in [0.15, 0.2) is 0 Å². The van der Waals surface area contributed by atoms with E-state index in [1.807, 2.05) is 0 Å². The molecule has 0 saturated carbocycles. The van der Waals surface area contributed by atoms with Crippen LogP contribution >= 0.6 is 7.82 Å². The third kappa shape index (κ3) is 5.51. The molecule has 1 radical (unpaired) electrons. The van der Waals surface area contributed by atoms with Gasteiger partial charge in [-0.05, 0) is 6.42 Å². The van der Waals surface area contributed by atoms with Crippen LogP contribution in [0.2, 0.25) is 0 Å². The molecular formula is C15H24N2O8P. The second-order valence-electron chi connectivity index (χ2n) is 6.85. The first-order valence-electron chi connectivity index (χ1n) is 8.25. The number of hydrogen-bond donors (Lipinski definition) is 2. The van der Waals surface area contributed by atoms with Gasteiger partial charge >= 0.3 is 13.8 Å². The Morgan fingerprint density at radius 3 is 2.81 bits per heavy atom. The molecule has 2 rings (SSSR count). The third-order valence-corrected chi connectivity index (χ3v) is 5.32. The van der Waals surface area contributed by atoms with Crippen molar-refractivity contribution >= 4 is 25.6 Å². The number of esters is 1. The molecule has 2 fully saturated rings. The van der Waals surface area contributed by atoms with Crippen molar-refractivity contribution in [1.82, 2.24) is 10.6 Å². The van der Waals surface area contributed by atoms with E-state index in [1.165, 1.54) is 0 Å². The zero-order valence-electron chi connectivity index (χ0n) is 14.8. The average molecular weight is 391 g/mol. The van der Waals surface area contributed by atoms with Gasteiger partial charge in [-0.3, -0.25) is 28.0 Å². The molecule has 0 aromatic carbocycles. The van der Waals surface area contributed by atoms with Gasteiger partial charge in [0.1, 0.15) is 6.61 Å². The molecule has 2 aliphatic rings. The largest absolute Gasteiger partial charge is 0.475 e. The predicted molar refractivity (Wildman–Crippen MR) is 88.4 cm³/mol. The lowest BCUT2D eigenvalue weighted by molar-refractivity contribution is -0.145. The molecule has 0 spiro atoms. The minimum atomic E-state index is -3.86. The van der Waals surface area contributed by atoms with Gasteiger partial charge in [-0.1, -0.05) is 13.8 Å². The molecule has 2 amide bonds. The van der Waals surface area contributed by atoms with Crippen LogP contribution in [0.25, 0.3) is 0 Å². The summed E-state index contributed by atoms with van der Waals surface area (Å²) in [5.41, 5.74) is -0.738. The number of ether oxygens (including phenoxy) is 1. The van der Waals surface area contributed by atoms with Crippen LogP contribution < -0.4 is 10.6 Å². The van der Waals surface area contributed by atoms with Crippen molar-refractivity contribution in [2.24, 2.45) is 5.41 Å². The lowest BCUT2D eigenvalue weighted by Crippen LogP contribution is -2.49. The first kappa shape index (κ1) is 20.8. The van der Waals surface area contributed by atoms with Crippen molar-refractivity contribution < 1.29 is 37.3 Å². The summed E-state index contributed by atoms with van der Waals surface area (Å²) >= 11 is 0. The maximum atomic E-state index is 12.3. The Bertz CT molecular complexity index is 608. The molecule has 147 valence electrons. The molecule has 0 bridgehead atoms. The summed E-state index contributed by atoms with van der Waals surface area (Å²) < 4.78 is 31.7. The van der Waals surface area contributed by atoms with E-state index < -0.39 is 31.2 Å². The smallest absolute Gasteiger partial charge is 0.463 e. The number of rotatable bonds is 7. The summed E-state index contributed by atoms with van der Waals surface area (Å²) in [5.74, 6) is -1.09. The Morgan fingerprint density at radius 1 is 1.46 bits per heavy atom. The topological polar surface area (TPSA) is 129 Å². The highest BCUT2D eigenvalue weighted by Crippen LogP contribution is 2.56. The second kappa shape index (κ2) is 8.47. The summed E-state index contributed by atoms with van der Waals surface area (Å²) in [5, 5.41) is 5.24. The van der Waals surface area contributed by atoms with Gasteiger partial charge in [0.15, 0.2) is 6.10 Å². The molecule has 2 saturated heterocycles. The zero-order chi connectivity index (χ0) is 19.4. The van der Waals surface area contributed by atoms with Crippen LogP contribution in [0, 0.1) is 12.5 Å². The highest BCUT2D eigenvalue weighted by atomic mass is 31.2. The summed E-state index contributed by atoms with van der Waals surface area (Å²) in [4.78, 5) is 35.1. The van der Waals surface area contributed by atoms with Gasteiger partial charge in [0.05, 0.1) is 26.2 Å². The number of phosphoric acid groups is 1. The first-order chi connectivity index (χ1) is 12.1. The fourth-order valence-electron chi connectivity index (χ4n) is 2.54. The molecule has 2 unspecified atom stereocenters. The quantitative estimate of drug-likeness (QED) is 0.479. The number of carbonyl (C=O) groups is 3. The first-order valence-corrected chi connectivity index (χ1v) is 9.71. The average Bonchev–Trinajstić information content (AvgIpc) is 3.01. The Labute approximate surface area is 151 Å². The molecule has 2 N–H and O–H groups in total. The highest BCUT2D eigenvalue weighted by molar-refractivity contribution is 7.48. The Hall–Kier alpha value is -1.48. The van der Waals surface area contributed by atoms with Gasteiger partial charge in [0.25, 0.3) is 0 Å². The fourth-order valence-corrected chi connectivity index (χ4v) is 3.87. The molecule has 0 aromatic rings. The van der Waals surface area contributed by atoms with Crippen LogP contribution in [-0.2, 0) is 37.3 Å². The van der Waals surface area contributed by atoms with Crippen molar-refractivity contribution in [1.29, 1.82) is 0 Å². The molecule has 0 aliphatic carbocycles. The maximum Gasteiger partial charge on any atom is 0.475 e. The molecule has 2 aliphatic heterocycles. The van der Waals surface area contributed by atoms with Gasteiger partial charge in [0.2, 0.25) is 11.8 Å². The number of carbonyl (C=O) groups excluding carboxylic acids is 3. The molecule has 3 atom stereocenters. The third-order valence-electron chi connectivity index (χ3n) is 4.09. The SMILES string of the molecule is [CH2]OP1(=O)OCC(C)(C)[C@H](C(=O)NCCC(=O)OCC2CCC(=O)N2)O1. The number of hydrogen-bond acceptors (Lipinski definition) is 8. The van der Waals surface area contributed by atoms with Crippen molar-refractivity contribution in [2.75, 3.05) is 19.8 Å². The Balaban J connectivity index is 1.74. The zero-order valence-corrected chi connectivity index (χ0v) is 15.7. The van der Waals surface area contributed by atoms with E-state index in [0.717, 1.165) is 0 Å². The van der Waals surface area contributed by atoms with Crippen molar-refractivity contribution in [2.45, 2.75) is 45.3 Å². The minimum absolute atomic E-state index is 0.00691. The van der Waals surface area contributed by atoms with Gasteiger partial charge in [0, 0.05) is 18.4 Å². The van der Waals surface area contributed by atoms with Gasteiger partial charge in [-0.2, -0.15) is 0 Å². The van der Waals surface area contributed by atoms with E-state index in [0.29, 0.717) is 12.8 Å². The van der Waals surface area contributed by atoms with Gasteiger partial charge in [-0.15, -0.1) is 0 Å². The molecular weight excluding hydrogens is 367 g/mol. The highest BCUT2D eigenvalue weighted by Gasteiger charge is 2.48. The van der Waals surface area contributed by atoms with E-state index in [2.05, 4.69) is 22.3 Å². The van der Waals surface area contributed by atoms with E-state index in [9.17, 15) is 18.9 Å². The van der Waals surface area contributed by atoms with Crippen LogP contribution in [0.5, 0.6) is 0 Å². The number of amides is 2. The van der Waals surface area contributed by atoms with Crippen LogP contribution in [0.4, 0.5) is 0 Å². The fraction of sp³-hybridized carbons (Fsp3) is 0.733. The molecule has 11 heteroatoms. The second-order valence-corrected chi connectivity index (χ2v) is 8.47. The van der Waals surface area contributed by atoms with Crippen molar-refractivity contribution in [3.05, 3.63) is 7.11 Å². The van der Waals surface area contributed by atoms with E-state index in [-0.39, 0.29) is 38.1 Å². The number of nitrogens with one attached hydrogen (secondary N) is 2. The van der Waals surface area contributed by atoms with E-state index in [4.69, 9.17) is 13.8 Å². The molecule has 10 nitrogen and oxygen atoms in total. The lowest BCUT2D eigenvalue weighted by Gasteiger charge is -2.38. The van der Waals surface area contributed by atoms with Gasteiger partial charge < -0.3 is 15.4 Å². The summed E-state index contributed by atoms with van der Waals surface area (Å²) in [6, 6.07) is -0.158. The normalized spacial score (nSPS) is 30.5. The molecule has 0 aromatic heterocycles. The Kier molecular flexibility index (Phi) is 6.79. The predicted octanol–water partition coefficient (Wildman–Crippen LogP) is 0.672. The van der Waals surface area contributed by atoms with Crippen molar-refractivity contribution in [3.63, 3.8) is 0 Å². The Morgan fingerprint density at radius 2 is 2.19 bits per heavy atom. The minimum Gasteiger partial charge on any atom is -0.463 e. The van der Waals surface area contributed by atoms with E-state index in [1.54, 1.807) is 13.8 Å². The lowest BCUT2D eigenvalue weighted by atomic mass is 9.87. The van der Waals surface area contributed by atoms with Crippen LogP contribution in [0.3, 0.4) is 0 Å². The standard InChI is InChI=1S/C15H24N2O8P/c1-15(2)9-24-26(21,22-3)25-13(15)14(20)16-7-6-12(19)23-8-10-4-5-11(18)17-10/h10,13H,3-9H2,1-2H3,(H,16,20)(H,17,18)/t10?,13-,26?/m0/s1. The molecule has 26 heavy (non-hydrogen) atoms. The van der Waals surface area contributed by atoms with Crippen molar-refractivity contribution in [3.8, 4) is 0 Å². The maximum absolute atomic E-state index is 12.3. The monoisotopic (exact) mass is 391 g/mol. The summed E-state index contributed by atoms with van der Waals surface area (Å²) in [6.07, 6.45) is -0.0546. The van der Waals surface area contributed by atoms with Crippen LogP contribution in [0.1, 0.15) is 33.1 Å². The van der Waals surface area contributed by atoms with Gasteiger partial charge in [-0.25, -0.2) is 4.57 Å². The summed E-state index contributed by atoms with van der Waals surface area (Å²) in [6.45, 7) is 3.56. The van der Waals surface area contributed by atoms with Crippen LogP contribution in [-0.4, -0.2) is 49.7 Å².